The summed E-state index contributed by atoms with van der Waals surface area (Å²) in [5.74, 6) is 0. The maximum atomic E-state index is 9.56. The predicted molar refractivity (Wildman–Crippen MR) is 27.8 cm³/mol. The molecule has 0 rings (SSSR count). The van der Waals surface area contributed by atoms with Gasteiger partial charge in [0.05, 0.1) is 0 Å². The lowest BCUT2D eigenvalue weighted by molar-refractivity contribution is 0.0203. The normalized spacial score (nSPS) is 11.0. The first-order chi connectivity index (χ1) is 2.94. The molecule has 0 heterocycles. The Morgan fingerprint density at radius 2 is 1.62 bits per heavy atom. The molecule has 2 N–H and O–H groups in total. The second-order valence-corrected chi connectivity index (χ2v) is 2.34. The molecule has 0 amide bonds. The SMILES string of the molecule is C.CN(O)S(=O)(=O)O. The smallest absolute Gasteiger partial charge is 0.298 e. The molecule has 0 spiro atoms. The Balaban J connectivity index is 0. The zero-order chi connectivity index (χ0) is 6.08. The summed E-state index contributed by atoms with van der Waals surface area (Å²) in [5, 5.41) is 7.88. The summed E-state index contributed by atoms with van der Waals surface area (Å²) in [5.41, 5.74) is 0. The van der Waals surface area contributed by atoms with Crippen LogP contribution < -0.4 is 0 Å². The second-order valence-electron chi connectivity index (χ2n) is 0.912. The molecule has 5 nitrogen and oxygen atoms in total. The van der Waals surface area contributed by atoms with Gasteiger partial charge in [-0.3, -0.25) is 9.76 Å². The third-order valence-corrected chi connectivity index (χ3v) is 1.00. The van der Waals surface area contributed by atoms with Crippen LogP contribution >= 0.6 is 0 Å². The monoisotopic (exact) mass is 143 g/mol. The van der Waals surface area contributed by atoms with Crippen molar-refractivity contribution in [2.75, 3.05) is 7.05 Å². The van der Waals surface area contributed by atoms with E-state index >= 15 is 0 Å². The van der Waals surface area contributed by atoms with Crippen LogP contribution in [0.2, 0.25) is 0 Å². The first kappa shape index (κ1) is 10.7. The molecule has 6 heteroatoms. The summed E-state index contributed by atoms with van der Waals surface area (Å²) >= 11 is 0. The molecule has 0 atom stereocenters. The zero-order valence-corrected chi connectivity index (χ0v) is 4.38. The van der Waals surface area contributed by atoms with E-state index in [0.29, 0.717) is 0 Å². The van der Waals surface area contributed by atoms with Crippen LogP contribution in [0.3, 0.4) is 0 Å². The van der Waals surface area contributed by atoms with Gasteiger partial charge in [-0.15, -0.1) is 0 Å². The highest BCUT2D eigenvalue weighted by molar-refractivity contribution is 7.83. The van der Waals surface area contributed by atoms with Gasteiger partial charge in [0.15, 0.2) is 0 Å². The molecule has 0 fully saturated rings. The third-order valence-electron chi connectivity index (χ3n) is 0.334. The molecule has 0 aromatic heterocycles. The van der Waals surface area contributed by atoms with Crippen molar-refractivity contribution in [2.45, 2.75) is 7.43 Å². The van der Waals surface area contributed by atoms with Crippen molar-refractivity contribution in [3.8, 4) is 0 Å². The first-order valence-electron chi connectivity index (χ1n) is 1.35. The molecule has 0 unspecified atom stereocenters. The van der Waals surface area contributed by atoms with E-state index in [1.54, 1.807) is 0 Å². The molecule has 8 heavy (non-hydrogen) atoms. The van der Waals surface area contributed by atoms with E-state index in [9.17, 15) is 8.42 Å². The molecule has 0 aromatic rings. The van der Waals surface area contributed by atoms with Gasteiger partial charge in [0.25, 0.3) is 0 Å². The minimum Gasteiger partial charge on any atom is -0.298 e. The molecule has 0 aromatic carbocycles. The topological polar surface area (TPSA) is 77.8 Å². The van der Waals surface area contributed by atoms with Crippen LogP contribution in [0.4, 0.5) is 0 Å². The summed E-state index contributed by atoms with van der Waals surface area (Å²) in [4.78, 5) is 0. The van der Waals surface area contributed by atoms with Crippen molar-refractivity contribution in [1.29, 1.82) is 0 Å². The maximum Gasteiger partial charge on any atom is 0.357 e. The fraction of sp³-hybridized carbons (Fsp3) is 1.00. The van der Waals surface area contributed by atoms with Crippen LogP contribution in [0.15, 0.2) is 0 Å². The summed E-state index contributed by atoms with van der Waals surface area (Å²) in [7, 11) is -3.55. The highest BCUT2D eigenvalue weighted by Crippen LogP contribution is 1.81. The van der Waals surface area contributed by atoms with Gasteiger partial charge in [0.2, 0.25) is 0 Å². The molecular weight excluding hydrogens is 134 g/mol. The van der Waals surface area contributed by atoms with E-state index in [2.05, 4.69) is 0 Å². The van der Waals surface area contributed by atoms with Crippen molar-refractivity contribution in [2.24, 2.45) is 0 Å². The van der Waals surface area contributed by atoms with Crippen LogP contribution in [-0.2, 0) is 10.3 Å². The van der Waals surface area contributed by atoms with Gasteiger partial charge in [-0.2, -0.15) is 8.42 Å². The van der Waals surface area contributed by atoms with Crippen LogP contribution in [0.5, 0.6) is 0 Å². The number of hydrogen-bond acceptors (Lipinski definition) is 3. The van der Waals surface area contributed by atoms with Crippen molar-refractivity contribution in [3.05, 3.63) is 0 Å². The Labute approximate surface area is 48.4 Å². The molecular formula is C2H9NO4S. The predicted octanol–water partition coefficient (Wildman–Crippen LogP) is -0.254. The molecule has 52 valence electrons. The average Bonchev–Trinajstić information content (AvgIpc) is 1.31. The number of hydroxylamine groups is 1. The fourth-order valence-electron chi connectivity index (χ4n) is 0. The number of nitrogens with zero attached hydrogens (tertiary/aromatic N) is 1. The van der Waals surface area contributed by atoms with E-state index in [0.717, 1.165) is 7.05 Å². The van der Waals surface area contributed by atoms with Crippen molar-refractivity contribution >= 4 is 10.3 Å². The molecule has 0 bridgehead atoms. The molecule has 0 aliphatic carbocycles. The lowest BCUT2D eigenvalue weighted by atomic mass is 11.6. The molecule has 0 saturated heterocycles. The van der Waals surface area contributed by atoms with E-state index in [1.807, 2.05) is 0 Å². The Hall–Kier alpha value is -0.170. The van der Waals surface area contributed by atoms with Crippen LogP contribution in [0.1, 0.15) is 7.43 Å². The molecule has 0 saturated carbocycles. The largest absolute Gasteiger partial charge is 0.357 e. The van der Waals surface area contributed by atoms with Crippen molar-refractivity contribution in [1.82, 2.24) is 4.47 Å². The number of hydrogen-bond donors (Lipinski definition) is 2. The first-order valence-corrected chi connectivity index (χ1v) is 2.74. The molecule has 0 radical (unpaired) electrons. The summed E-state index contributed by atoms with van der Waals surface area (Å²) < 4.78 is 26.6. The Bertz CT molecular complexity index is 136. The standard InChI is InChI=1S/CH5NO4S.CH4/c1-2(3)7(4,5)6;/h3H,1H3,(H,4,5,6);1H4. The van der Waals surface area contributed by atoms with Gasteiger partial charge in [0, 0.05) is 7.05 Å². The van der Waals surface area contributed by atoms with E-state index < -0.39 is 10.3 Å². The van der Waals surface area contributed by atoms with Gasteiger partial charge in [-0.1, -0.05) is 11.9 Å². The van der Waals surface area contributed by atoms with E-state index in [1.165, 1.54) is 0 Å². The Morgan fingerprint density at radius 3 is 1.62 bits per heavy atom. The van der Waals surface area contributed by atoms with Crippen molar-refractivity contribution < 1.29 is 18.2 Å². The van der Waals surface area contributed by atoms with Gasteiger partial charge < -0.3 is 0 Å². The highest BCUT2D eigenvalue weighted by Gasteiger charge is 2.06. The quantitative estimate of drug-likeness (QED) is 0.392. The lowest BCUT2D eigenvalue weighted by Crippen LogP contribution is -2.21. The van der Waals surface area contributed by atoms with Gasteiger partial charge >= 0.3 is 10.3 Å². The summed E-state index contributed by atoms with van der Waals surface area (Å²) in [6.07, 6.45) is 0. The second kappa shape index (κ2) is 2.98. The third kappa shape index (κ3) is 4.00. The Morgan fingerprint density at radius 1 is 1.50 bits per heavy atom. The number of rotatable bonds is 1. The fourth-order valence-corrected chi connectivity index (χ4v) is 0. The van der Waals surface area contributed by atoms with Crippen LogP contribution in [-0.4, -0.2) is 29.7 Å². The minimum absolute atomic E-state index is 0. The van der Waals surface area contributed by atoms with E-state index in [4.69, 9.17) is 9.76 Å². The van der Waals surface area contributed by atoms with Crippen LogP contribution in [0.25, 0.3) is 0 Å². The highest BCUT2D eigenvalue weighted by atomic mass is 32.2. The van der Waals surface area contributed by atoms with Gasteiger partial charge in [-0.25, -0.2) is 0 Å². The average molecular weight is 143 g/mol. The van der Waals surface area contributed by atoms with E-state index in [-0.39, 0.29) is 11.9 Å². The van der Waals surface area contributed by atoms with Crippen molar-refractivity contribution in [3.63, 3.8) is 0 Å². The zero-order valence-electron chi connectivity index (χ0n) is 3.57. The lowest BCUT2D eigenvalue weighted by Gasteiger charge is -1.98. The summed E-state index contributed by atoms with van der Waals surface area (Å²) in [6, 6.07) is 0. The van der Waals surface area contributed by atoms with Gasteiger partial charge in [0.1, 0.15) is 0 Å². The minimum atomic E-state index is -4.35. The molecule has 0 aliphatic rings. The maximum absolute atomic E-state index is 9.56. The summed E-state index contributed by atoms with van der Waals surface area (Å²) in [6.45, 7) is 0. The van der Waals surface area contributed by atoms with Gasteiger partial charge in [-0.05, 0) is 0 Å². The van der Waals surface area contributed by atoms with Crippen LogP contribution in [0, 0.1) is 0 Å². The Kier molecular flexibility index (Phi) is 4.00. The molecule has 0 aliphatic heterocycles.